The van der Waals surface area contributed by atoms with Crippen LogP contribution in [0, 0.1) is 12.8 Å². The molecule has 3 aromatic rings. The van der Waals surface area contributed by atoms with Gasteiger partial charge in [0.1, 0.15) is 0 Å². The van der Waals surface area contributed by atoms with Gasteiger partial charge in [-0.15, -0.1) is 0 Å². The highest BCUT2D eigenvalue weighted by atomic mass is 16.5. The summed E-state index contributed by atoms with van der Waals surface area (Å²) >= 11 is 0. The Hall–Kier alpha value is -2.80. The second kappa shape index (κ2) is 6.98. The first-order chi connectivity index (χ1) is 13.7. The predicted octanol–water partition coefficient (Wildman–Crippen LogP) is 2.40. The van der Waals surface area contributed by atoms with Crippen LogP contribution >= 0.6 is 0 Å². The smallest absolute Gasteiger partial charge is 0.259 e. The molecule has 1 N–H and O–H groups in total. The lowest BCUT2D eigenvalue weighted by Gasteiger charge is -2.20. The summed E-state index contributed by atoms with van der Waals surface area (Å²) in [5, 5.41) is 8.00. The second-order valence-corrected chi connectivity index (χ2v) is 7.65. The molecule has 0 aromatic carbocycles. The predicted molar refractivity (Wildman–Crippen MR) is 102 cm³/mol. The Bertz CT molecular complexity index is 1030. The van der Waals surface area contributed by atoms with Crippen LogP contribution in [0.3, 0.4) is 0 Å². The molecule has 5 rings (SSSR count). The van der Waals surface area contributed by atoms with Gasteiger partial charge >= 0.3 is 0 Å². The molecule has 2 atom stereocenters. The Kier molecular flexibility index (Phi) is 4.31. The number of ether oxygens (including phenoxy) is 1. The van der Waals surface area contributed by atoms with E-state index in [2.05, 4.69) is 20.4 Å². The van der Waals surface area contributed by atoms with Gasteiger partial charge in [-0.2, -0.15) is 0 Å². The SMILES string of the molecule is Cc1noc2nc3c(c(C(=O)N[C@@H]4COC[C@H]4Cc4ccncc4)c12)CCC3. The van der Waals surface area contributed by atoms with Crippen molar-refractivity contribution in [3.05, 3.63) is 52.6 Å². The summed E-state index contributed by atoms with van der Waals surface area (Å²) in [4.78, 5) is 22.0. The molecular formula is C21H22N4O3. The van der Waals surface area contributed by atoms with Gasteiger partial charge in [0.2, 0.25) is 0 Å². The Morgan fingerprint density at radius 3 is 2.96 bits per heavy atom. The van der Waals surface area contributed by atoms with Crippen LogP contribution in [0.2, 0.25) is 0 Å². The van der Waals surface area contributed by atoms with E-state index in [4.69, 9.17) is 9.26 Å². The molecule has 0 radical (unpaired) electrons. The van der Waals surface area contributed by atoms with Crippen molar-refractivity contribution in [1.82, 2.24) is 20.4 Å². The van der Waals surface area contributed by atoms with E-state index >= 15 is 0 Å². The van der Waals surface area contributed by atoms with E-state index in [1.54, 1.807) is 12.4 Å². The summed E-state index contributed by atoms with van der Waals surface area (Å²) in [5.74, 6) is 0.160. The average molecular weight is 378 g/mol. The summed E-state index contributed by atoms with van der Waals surface area (Å²) in [6.45, 7) is 3.03. The minimum Gasteiger partial charge on any atom is -0.379 e. The Labute approximate surface area is 162 Å². The van der Waals surface area contributed by atoms with Gasteiger partial charge in [-0.3, -0.25) is 9.78 Å². The number of fused-ring (bicyclic) bond motifs is 2. The molecule has 7 nitrogen and oxygen atoms in total. The van der Waals surface area contributed by atoms with Crippen LogP contribution in [0.15, 0.2) is 29.0 Å². The van der Waals surface area contributed by atoms with Crippen molar-refractivity contribution in [1.29, 1.82) is 0 Å². The average Bonchev–Trinajstić information content (AvgIpc) is 3.42. The van der Waals surface area contributed by atoms with E-state index in [0.29, 0.717) is 30.2 Å². The van der Waals surface area contributed by atoms with Gasteiger partial charge in [0.05, 0.1) is 35.9 Å². The molecule has 0 bridgehead atoms. The number of hydrogen-bond donors (Lipinski definition) is 1. The number of rotatable bonds is 4. The fourth-order valence-corrected chi connectivity index (χ4v) is 4.39. The number of aryl methyl sites for hydroxylation is 2. The number of hydrogen-bond acceptors (Lipinski definition) is 6. The molecular weight excluding hydrogens is 356 g/mol. The van der Waals surface area contributed by atoms with Gasteiger partial charge in [-0.25, -0.2) is 4.98 Å². The molecule has 28 heavy (non-hydrogen) atoms. The standard InChI is InChI=1S/C21H22N4O3/c1-12-18-19(15-3-2-4-16(15)24-21(18)28-25-12)20(26)23-17-11-27-10-14(17)9-13-5-7-22-8-6-13/h5-8,14,17H,2-4,9-11H2,1H3,(H,23,26)/t14-,17-/m1/s1. The molecule has 1 aliphatic heterocycles. The van der Waals surface area contributed by atoms with Crippen LogP contribution in [0.5, 0.6) is 0 Å². The van der Waals surface area contributed by atoms with Gasteiger partial charge in [0, 0.05) is 24.0 Å². The third-order valence-electron chi connectivity index (χ3n) is 5.81. The number of amides is 1. The van der Waals surface area contributed by atoms with Gasteiger partial charge < -0.3 is 14.6 Å². The third-order valence-corrected chi connectivity index (χ3v) is 5.81. The fourth-order valence-electron chi connectivity index (χ4n) is 4.39. The first kappa shape index (κ1) is 17.3. The zero-order valence-electron chi connectivity index (χ0n) is 15.8. The molecule has 1 saturated heterocycles. The zero-order chi connectivity index (χ0) is 19.1. The fraction of sp³-hybridized carbons (Fsp3) is 0.429. The van der Waals surface area contributed by atoms with E-state index in [1.165, 1.54) is 5.56 Å². The number of nitrogens with zero attached hydrogens (tertiary/aromatic N) is 3. The van der Waals surface area contributed by atoms with E-state index in [0.717, 1.165) is 42.3 Å². The summed E-state index contributed by atoms with van der Waals surface area (Å²) in [5.41, 5.74) is 5.06. The van der Waals surface area contributed by atoms with Crippen molar-refractivity contribution < 1.29 is 14.1 Å². The van der Waals surface area contributed by atoms with Crippen LogP contribution in [-0.2, 0) is 24.0 Å². The Balaban J connectivity index is 1.43. The molecule has 1 aliphatic carbocycles. The van der Waals surface area contributed by atoms with E-state index < -0.39 is 0 Å². The van der Waals surface area contributed by atoms with Gasteiger partial charge in [-0.1, -0.05) is 5.16 Å². The zero-order valence-corrected chi connectivity index (χ0v) is 15.8. The highest BCUT2D eigenvalue weighted by molar-refractivity contribution is 6.07. The largest absolute Gasteiger partial charge is 0.379 e. The Morgan fingerprint density at radius 2 is 2.11 bits per heavy atom. The quantitative estimate of drug-likeness (QED) is 0.750. The van der Waals surface area contributed by atoms with Crippen molar-refractivity contribution in [2.24, 2.45) is 5.92 Å². The van der Waals surface area contributed by atoms with Gasteiger partial charge in [0.25, 0.3) is 11.6 Å². The Morgan fingerprint density at radius 1 is 1.25 bits per heavy atom. The first-order valence-corrected chi connectivity index (χ1v) is 9.76. The van der Waals surface area contributed by atoms with Gasteiger partial charge in [-0.05, 0) is 55.9 Å². The van der Waals surface area contributed by atoms with Crippen molar-refractivity contribution in [2.75, 3.05) is 13.2 Å². The molecule has 4 heterocycles. The molecule has 1 fully saturated rings. The molecule has 0 unspecified atom stereocenters. The second-order valence-electron chi connectivity index (χ2n) is 7.65. The first-order valence-electron chi connectivity index (χ1n) is 9.76. The van der Waals surface area contributed by atoms with E-state index in [1.807, 2.05) is 19.1 Å². The number of carbonyl (C=O) groups excluding carboxylic acids is 1. The highest BCUT2D eigenvalue weighted by Crippen LogP contribution is 2.32. The minimum atomic E-state index is -0.0768. The number of carbonyl (C=O) groups is 1. The summed E-state index contributed by atoms with van der Waals surface area (Å²) in [6, 6.07) is 4.00. The minimum absolute atomic E-state index is 0.0268. The van der Waals surface area contributed by atoms with Crippen molar-refractivity contribution in [2.45, 2.75) is 38.6 Å². The summed E-state index contributed by atoms with van der Waals surface area (Å²) < 4.78 is 11.1. The monoisotopic (exact) mass is 378 g/mol. The molecule has 0 saturated carbocycles. The maximum Gasteiger partial charge on any atom is 0.259 e. The number of aromatic nitrogens is 3. The van der Waals surface area contributed by atoms with E-state index in [-0.39, 0.29) is 17.9 Å². The van der Waals surface area contributed by atoms with Crippen molar-refractivity contribution >= 4 is 17.0 Å². The molecule has 3 aromatic heterocycles. The third kappa shape index (κ3) is 2.96. The lowest BCUT2D eigenvalue weighted by Crippen LogP contribution is -2.41. The van der Waals surface area contributed by atoms with Crippen LogP contribution in [-0.4, -0.2) is 40.3 Å². The van der Waals surface area contributed by atoms with E-state index in [9.17, 15) is 4.79 Å². The number of pyridine rings is 2. The maximum absolute atomic E-state index is 13.3. The lowest BCUT2D eigenvalue weighted by molar-refractivity contribution is 0.0925. The molecule has 1 amide bonds. The molecule has 144 valence electrons. The van der Waals surface area contributed by atoms with Gasteiger partial charge in [0.15, 0.2) is 0 Å². The lowest BCUT2D eigenvalue weighted by atomic mass is 9.94. The van der Waals surface area contributed by atoms with Crippen LogP contribution < -0.4 is 5.32 Å². The summed E-state index contributed by atoms with van der Waals surface area (Å²) in [6.07, 6.45) is 7.20. The molecule has 0 spiro atoms. The van der Waals surface area contributed by atoms with Crippen LogP contribution in [0.1, 0.15) is 39.3 Å². The van der Waals surface area contributed by atoms with Crippen LogP contribution in [0.4, 0.5) is 0 Å². The molecule has 7 heteroatoms. The normalized spacial score (nSPS) is 21.2. The van der Waals surface area contributed by atoms with Crippen molar-refractivity contribution in [3.63, 3.8) is 0 Å². The maximum atomic E-state index is 13.3. The molecule has 2 aliphatic rings. The highest BCUT2D eigenvalue weighted by Gasteiger charge is 2.33. The van der Waals surface area contributed by atoms with Crippen LogP contribution in [0.25, 0.3) is 11.1 Å². The number of nitrogens with one attached hydrogen (secondary N) is 1. The summed E-state index contributed by atoms with van der Waals surface area (Å²) in [7, 11) is 0. The van der Waals surface area contributed by atoms with Crippen molar-refractivity contribution in [3.8, 4) is 0 Å². The topological polar surface area (TPSA) is 90.1 Å².